The van der Waals surface area contributed by atoms with Crippen molar-refractivity contribution in [3.8, 4) is 5.75 Å². The Kier molecular flexibility index (Phi) is 4.90. The van der Waals surface area contributed by atoms with Crippen LogP contribution in [0.1, 0.15) is 27.6 Å². The Hall–Kier alpha value is -2.54. The Bertz CT molecular complexity index is 684. The number of carbonyl (C=O) groups is 1. The predicted octanol–water partition coefficient (Wildman–Crippen LogP) is 2.92. The van der Waals surface area contributed by atoms with Crippen molar-refractivity contribution in [3.05, 3.63) is 65.2 Å². The fourth-order valence-corrected chi connectivity index (χ4v) is 1.90. The van der Waals surface area contributed by atoms with Gasteiger partial charge in [0, 0.05) is 5.56 Å². The number of aliphatic hydroxyl groups is 1. The van der Waals surface area contributed by atoms with Gasteiger partial charge in [-0.3, -0.25) is 4.79 Å². The summed E-state index contributed by atoms with van der Waals surface area (Å²) in [4.78, 5) is 11.1. The van der Waals surface area contributed by atoms with Crippen molar-refractivity contribution in [3.63, 3.8) is 0 Å². The Morgan fingerprint density at radius 3 is 2.39 bits per heavy atom. The standard InChI is InChI=1S/C16H14F3NO3/c17-16(18,19)12-6-4-10(5-7-12)14(21)9-23-13-3-1-2-11(8-13)15(20)22/h1-8,14,21H,9H2,(H2,20,22). The van der Waals surface area contributed by atoms with Crippen LogP contribution in [0.3, 0.4) is 0 Å². The van der Waals surface area contributed by atoms with Crippen LogP contribution in [0.2, 0.25) is 0 Å². The first-order valence-corrected chi connectivity index (χ1v) is 6.65. The van der Waals surface area contributed by atoms with Crippen molar-refractivity contribution in [1.82, 2.24) is 0 Å². The van der Waals surface area contributed by atoms with Gasteiger partial charge in [-0.05, 0) is 35.9 Å². The molecule has 0 saturated carbocycles. The predicted molar refractivity (Wildman–Crippen MR) is 76.9 cm³/mol. The van der Waals surface area contributed by atoms with Gasteiger partial charge in [0.15, 0.2) is 0 Å². The molecule has 0 aromatic heterocycles. The maximum atomic E-state index is 12.5. The highest BCUT2D eigenvalue weighted by molar-refractivity contribution is 5.93. The summed E-state index contributed by atoms with van der Waals surface area (Å²) >= 11 is 0. The van der Waals surface area contributed by atoms with E-state index in [4.69, 9.17) is 10.5 Å². The monoisotopic (exact) mass is 325 g/mol. The Balaban J connectivity index is 2.01. The zero-order valence-corrected chi connectivity index (χ0v) is 11.9. The van der Waals surface area contributed by atoms with Crippen LogP contribution in [0.25, 0.3) is 0 Å². The molecule has 1 unspecified atom stereocenters. The largest absolute Gasteiger partial charge is 0.491 e. The fraction of sp³-hybridized carbons (Fsp3) is 0.188. The van der Waals surface area contributed by atoms with E-state index in [1.165, 1.54) is 24.3 Å². The minimum absolute atomic E-state index is 0.173. The summed E-state index contributed by atoms with van der Waals surface area (Å²) in [5.74, 6) is -0.286. The first-order chi connectivity index (χ1) is 10.8. The molecule has 1 atom stereocenters. The highest BCUT2D eigenvalue weighted by Gasteiger charge is 2.30. The maximum absolute atomic E-state index is 12.5. The van der Waals surface area contributed by atoms with Crippen LogP contribution >= 0.6 is 0 Å². The molecule has 7 heteroatoms. The van der Waals surface area contributed by atoms with Gasteiger partial charge in [-0.2, -0.15) is 13.2 Å². The number of halogens is 3. The highest BCUT2D eigenvalue weighted by atomic mass is 19.4. The molecule has 0 saturated heterocycles. The molecule has 1 amide bonds. The van der Waals surface area contributed by atoms with Gasteiger partial charge >= 0.3 is 6.18 Å². The summed E-state index contributed by atoms with van der Waals surface area (Å²) in [7, 11) is 0. The van der Waals surface area contributed by atoms with Crippen LogP contribution in [-0.4, -0.2) is 17.6 Å². The van der Waals surface area contributed by atoms with Crippen molar-refractivity contribution < 1.29 is 27.8 Å². The minimum Gasteiger partial charge on any atom is -0.491 e. The Labute approximate surface area is 130 Å². The number of rotatable bonds is 5. The van der Waals surface area contributed by atoms with E-state index < -0.39 is 23.8 Å². The maximum Gasteiger partial charge on any atom is 0.416 e. The van der Waals surface area contributed by atoms with Crippen molar-refractivity contribution in [2.24, 2.45) is 5.73 Å². The number of hydrogen-bond donors (Lipinski definition) is 2. The molecule has 0 heterocycles. The van der Waals surface area contributed by atoms with Crippen LogP contribution in [0, 0.1) is 0 Å². The molecule has 122 valence electrons. The number of amides is 1. The Morgan fingerprint density at radius 2 is 1.83 bits per heavy atom. The van der Waals surface area contributed by atoms with Crippen LogP contribution in [-0.2, 0) is 6.18 Å². The van der Waals surface area contributed by atoms with E-state index in [0.717, 1.165) is 12.1 Å². The molecule has 2 aromatic carbocycles. The third kappa shape index (κ3) is 4.46. The summed E-state index contributed by atoms with van der Waals surface area (Å²) in [5, 5.41) is 9.96. The van der Waals surface area contributed by atoms with Gasteiger partial charge in [0.05, 0.1) is 5.56 Å². The van der Waals surface area contributed by atoms with E-state index in [2.05, 4.69) is 0 Å². The lowest BCUT2D eigenvalue weighted by Crippen LogP contribution is -2.13. The molecule has 2 rings (SSSR count). The zero-order valence-electron chi connectivity index (χ0n) is 11.9. The second-order valence-electron chi connectivity index (χ2n) is 4.84. The van der Waals surface area contributed by atoms with Crippen molar-refractivity contribution >= 4 is 5.91 Å². The molecule has 2 aromatic rings. The minimum atomic E-state index is -4.42. The van der Waals surface area contributed by atoms with E-state index >= 15 is 0 Å². The average Bonchev–Trinajstić information content (AvgIpc) is 2.52. The summed E-state index contributed by atoms with van der Waals surface area (Å²) < 4.78 is 42.7. The van der Waals surface area contributed by atoms with Gasteiger partial charge in [-0.1, -0.05) is 18.2 Å². The lowest BCUT2D eigenvalue weighted by molar-refractivity contribution is -0.137. The van der Waals surface area contributed by atoms with E-state index in [0.29, 0.717) is 11.3 Å². The van der Waals surface area contributed by atoms with Gasteiger partial charge in [0.1, 0.15) is 18.5 Å². The first kappa shape index (κ1) is 16.8. The van der Waals surface area contributed by atoms with Gasteiger partial charge in [-0.25, -0.2) is 0 Å². The van der Waals surface area contributed by atoms with E-state index in [1.54, 1.807) is 12.1 Å². The molecule has 0 aliphatic carbocycles. The molecule has 4 nitrogen and oxygen atoms in total. The van der Waals surface area contributed by atoms with Crippen molar-refractivity contribution in [1.29, 1.82) is 0 Å². The van der Waals surface area contributed by atoms with Gasteiger partial charge in [0.25, 0.3) is 0 Å². The number of alkyl halides is 3. The van der Waals surface area contributed by atoms with Crippen LogP contribution in [0.15, 0.2) is 48.5 Å². The van der Waals surface area contributed by atoms with Crippen LogP contribution in [0.4, 0.5) is 13.2 Å². The SMILES string of the molecule is NC(=O)c1cccc(OCC(O)c2ccc(C(F)(F)F)cc2)c1. The molecule has 0 aliphatic rings. The third-order valence-electron chi connectivity index (χ3n) is 3.15. The number of benzene rings is 2. The highest BCUT2D eigenvalue weighted by Crippen LogP contribution is 2.30. The smallest absolute Gasteiger partial charge is 0.416 e. The molecule has 23 heavy (non-hydrogen) atoms. The van der Waals surface area contributed by atoms with Crippen molar-refractivity contribution in [2.75, 3.05) is 6.61 Å². The number of primary amides is 1. The van der Waals surface area contributed by atoms with Crippen LogP contribution in [0.5, 0.6) is 5.75 Å². The zero-order chi connectivity index (χ0) is 17.0. The average molecular weight is 325 g/mol. The summed E-state index contributed by atoms with van der Waals surface area (Å²) in [5.41, 5.74) is 4.91. The molecule has 0 spiro atoms. The molecule has 0 radical (unpaired) electrons. The molecular formula is C16H14F3NO3. The molecule has 0 fully saturated rings. The van der Waals surface area contributed by atoms with Gasteiger partial charge in [-0.15, -0.1) is 0 Å². The lowest BCUT2D eigenvalue weighted by Gasteiger charge is -2.14. The second-order valence-corrected chi connectivity index (χ2v) is 4.84. The second kappa shape index (κ2) is 6.70. The Morgan fingerprint density at radius 1 is 1.17 bits per heavy atom. The number of ether oxygens (including phenoxy) is 1. The third-order valence-corrected chi connectivity index (χ3v) is 3.15. The van der Waals surface area contributed by atoms with Gasteiger partial charge in [0.2, 0.25) is 5.91 Å². The molecule has 3 N–H and O–H groups in total. The fourth-order valence-electron chi connectivity index (χ4n) is 1.90. The van der Waals surface area contributed by atoms with E-state index in [1.807, 2.05) is 0 Å². The normalized spacial score (nSPS) is 12.7. The lowest BCUT2D eigenvalue weighted by atomic mass is 10.1. The summed E-state index contributed by atoms with van der Waals surface area (Å²) in [6, 6.07) is 10.3. The summed E-state index contributed by atoms with van der Waals surface area (Å²) in [6.45, 7) is -0.173. The van der Waals surface area contributed by atoms with Crippen LogP contribution < -0.4 is 10.5 Å². The molecular weight excluding hydrogens is 311 g/mol. The quantitative estimate of drug-likeness (QED) is 0.888. The number of carbonyl (C=O) groups excluding carboxylic acids is 1. The first-order valence-electron chi connectivity index (χ1n) is 6.65. The van der Waals surface area contributed by atoms with E-state index in [9.17, 15) is 23.1 Å². The van der Waals surface area contributed by atoms with Crippen molar-refractivity contribution in [2.45, 2.75) is 12.3 Å². The topological polar surface area (TPSA) is 72.6 Å². The van der Waals surface area contributed by atoms with Gasteiger partial charge < -0.3 is 15.6 Å². The number of nitrogens with two attached hydrogens (primary N) is 1. The molecule has 0 aliphatic heterocycles. The van der Waals surface area contributed by atoms with E-state index in [-0.39, 0.29) is 12.2 Å². The number of hydrogen-bond acceptors (Lipinski definition) is 3. The molecule has 0 bridgehead atoms. The summed E-state index contributed by atoms with van der Waals surface area (Å²) in [6.07, 6.45) is -5.52. The number of aliphatic hydroxyl groups excluding tert-OH is 1.